The van der Waals surface area contributed by atoms with Gasteiger partial charge < -0.3 is 50.5 Å². The fraction of sp³-hybridized carbons (Fsp3) is 0.929. The number of aliphatic hydroxyl groups is 7. The van der Waals surface area contributed by atoms with Crippen LogP contribution >= 0.6 is 0 Å². The molecule has 2 unspecified atom stereocenters. The first-order chi connectivity index (χ1) is 11.5. The van der Waals surface area contributed by atoms with Crippen molar-refractivity contribution in [2.45, 2.75) is 74.5 Å². The second kappa shape index (κ2) is 7.39. The van der Waals surface area contributed by atoms with Gasteiger partial charge in [-0.05, 0) is 6.92 Å². The van der Waals surface area contributed by atoms with Crippen LogP contribution < -0.4 is 5.32 Å². The molecule has 0 spiro atoms. The van der Waals surface area contributed by atoms with E-state index in [0.717, 1.165) is 6.92 Å². The number of carbonyl (C=O) groups excluding carboxylic acids is 1. The second-order valence-electron chi connectivity index (χ2n) is 6.49. The van der Waals surface area contributed by atoms with Crippen molar-refractivity contribution in [1.29, 1.82) is 0 Å². The zero-order chi connectivity index (χ0) is 19.1. The highest BCUT2D eigenvalue weighted by Gasteiger charge is 2.63. The van der Waals surface area contributed by atoms with Crippen molar-refractivity contribution in [2.24, 2.45) is 0 Å². The molecule has 0 radical (unpaired) electrons. The van der Waals surface area contributed by atoms with Crippen LogP contribution in [0.5, 0.6) is 0 Å². The van der Waals surface area contributed by atoms with E-state index >= 15 is 0 Å². The van der Waals surface area contributed by atoms with Gasteiger partial charge in [0, 0.05) is 6.92 Å². The number of ether oxygens (including phenoxy) is 2. The third-order valence-corrected chi connectivity index (χ3v) is 4.78. The van der Waals surface area contributed by atoms with Crippen LogP contribution in [0.2, 0.25) is 0 Å². The number of aliphatic hydroxyl groups excluding tert-OH is 6. The highest BCUT2D eigenvalue weighted by Crippen LogP contribution is 2.38. The van der Waals surface area contributed by atoms with E-state index in [-0.39, 0.29) is 0 Å². The van der Waals surface area contributed by atoms with Crippen molar-refractivity contribution >= 4 is 5.91 Å². The van der Waals surface area contributed by atoms with Crippen LogP contribution in [-0.2, 0) is 14.3 Å². The molecule has 2 heterocycles. The molecule has 0 aliphatic carbocycles. The van der Waals surface area contributed by atoms with Crippen molar-refractivity contribution in [2.75, 3.05) is 6.61 Å². The second-order valence-corrected chi connectivity index (χ2v) is 6.49. The Morgan fingerprint density at radius 3 is 2.20 bits per heavy atom. The smallest absolute Gasteiger partial charge is 0.217 e. The largest absolute Gasteiger partial charge is 0.394 e. The average molecular weight is 367 g/mol. The molecule has 2 rings (SSSR count). The monoisotopic (exact) mass is 367 g/mol. The van der Waals surface area contributed by atoms with Crippen molar-refractivity contribution in [3.8, 4) is 0 Å². The number of hydrogen-bond donors (Lipinski definition) is 8. The average Bonchev–Trinajstić information content (AvgIpc) is 2.56. The Hall–Kier alpha value is -0.890. The van der Waals surface area contributed by atoms with Gasteiger partial charge in [0.25, 0.3) is 0 Å². The van der Waals surface area contributed by atoms with Gasteiger partial charge in [0.05, 0.1) is 12.7 Å². The van der Waals surface area contributed by atoms with Crippen molar-refractivity contribution < 1.29 is 50.0 Å². The molecule has 0 aromatic carbocycles. The first-order valence-corrected chi connectivity index (χ1v) is 7.87. The standard InChI is InChI=1S/C14H25NO10/c1-4-8(18)9(19)10(20)12(24-4)14(23)6(3-16)25-13(22)7(11(14)21)15-5(2)17/h4,6-13,16,18-23H,3H2,1-2H3,(H,15,17)/t4-,6+,7+,8+,9+,10-,11+,12?,13?,14+/m0/s1. The molecular formula is C14H25NO10. The molecule has 0 saturated carbocycles. The van der Waals surface area contributed by atoms with Crippen LogP contribution in [0.4, 0.5) is 0 Å². The Morgan fingerprint density at radius 2 is 1.68 bits per heavy atom. The summed E-state index contributed by atoms with van der Waals surface area (Å²) >= 11 is 0. The lowest BCUT2D eigenvalue weighted by molar-refractivity contribution is -0.348. The predicted molar refractivity (Wildman–Crippen MR) is 78.9 cm³/mol. The lowest BCUT2D eigenvalue weighted by Gasteiger charge is -2.54. The van der Waals surface area contributed by atoms with E-state index in [9.17, 15) is 40.5 Å². The van der Waals surface area contributed by atoms with Crippen molar-refractivity contribution in [3.63, 3.8) is 0 Å². The minimum Gasteiger partial charge on any atom is -0.394 e. The Balaban J connectivity index is 2.40. The molecular weight excluding hydrogens is 342 g/mol. The molecule has 10 atom stereocenters. The molecule has 2 fully saturated rings. The number of nitrogens with one attached hydrogen (secondary N) is 1. The Bertz CT molecular complexity index is 492. The van der Waals surface area contributed by atoms with Crippen LogP contribution in [0, 0.1) is 0 Å². The van der Waals surface area contributed by atoms with Gasteiger partial charge in [-0.1, -0.05) is 0 Å². The van der Waals surface area contributed by atoms with E-state index in [4.69, 9.17) is 9.47 Å². The van der Waals surface area contributed by atoms with E-state index in [2.05, 4.69) is 5.32 Å². The normalized spacial score (nSPS) is 51.2. The molecule has 0 bridgehead atoms. The SMILES string of the molecule is CC(=O)N[C@H]1C(O)O[C@H](CO)[C@](O)(C2O[C@@H](C)[C@@H](O)[C@@H](O)[C@@H]2O)[C@@H]1O. The maximum Gasteiger partial charge on any atom is 0.217 e. The highest BCUT2D eigenvalue weighted by molar-refractivity contribution is 5.73. The van der Waals surface area contributed by atoms with Gasteiger partial charge in [-0.3, -0.25) is 4.79 Å². The molecule has 25 heavy (non-hydrogen) atoms. The summed E-state index contributed by atoms with van der Waals surface area (Å²) in [5, 5.41) is 73.2. The van der Waals surface area contributed by atoms with Crippen LogP contribution in [0.3, 0.4) is 0 Å². The molecule has 146 valence electrons. The Kier molecular flexibility index (Phi) is 6.03. The molecule has 0 aromatic rings. The highest BCUT2D eigenvalue weighted by atomic mass is 16.6. The summed E-state index contributed by atoms with van der Waals surface area (Å²) in [5.41, 5.74) is -2.50. The van der Waals surface area contributed by atoms with E-state index in [1.165, 1.54) is 6.92 Å². The maximum absolute atomic E-state index is 11.3. The van der Waals surface area contributed by atoms with Gasteiger partial charge >= 0.3 is 0 Å². The molecule has 11 heteroatoms. The predicted octanol–water partition coefficient (Wildman–Crippen LogP) is -4.84. The Morgan fingerprint density at radius 1 is 1.08 bits per heavy atom. The lowest BCUT2D eigenvalue weighted by atomic mass is 9.74. The number of hydrogen-bond acceptors (Lipinski definition) is 10. The van der Waals surface area contributed by atoms with Gasteiger partial charge in [0.15, 0.2) is 6.29 Å². The molecule has 8 N–H and O–H groups in total. The summed E-state index contributed by atoms with van der Waals surface area (Å²) in [6.07, 6.45) is -13.0. The third-order valence-electron chi connectivity index (χ3n) is 4.78. The summed E-state index contributed by atoms with van der Waals surface area (Å²) in [7, 11) is 0. The van der Waals surface area contributed by atoms with Gasteiger partial charge in [-0.15, -0.1) is 0 Å². The van der Waals surface area contributed by atoms with Crippen LogP contribution in [0.25, 0.3) is 0 Å². The summed E-state index contributed by atoms with van der Waals surface area (Å²) in [4.78, 5) is 11.3. The fourth-order valence-electron chi connectivity index (χ4n) is 3.36. The zero-order valence-electron chi connectivity index (χ0n) is 13.8. The molecule has 0 aromatic heterocycles. The van der Waals surface area contributed by atoms with Gasteiger partial charge in [-0.25, -0.2) is 0 Å². The van der Waals surface area contributed by atoms with Crippen LogP contribution in [0.15, 0.2) is 0 Å². The summed E-state index contributed by atoms with van der Waals surface area (Å²) in [6.45, 7) is 1.63. The number of rotatable bonds is 3. The maximum atomic E-state index is 11.3. The fourth-order valence-corrected chi connectivity index (χ4v) is 3.36. The first kappa shape index (κ1) is 20.4. The quantitative estimate of drug-likeness (QED) is 0.240. The lowest BCUT2D eigenvalue weighted by Crippen LogP contribution is -2.78. The van der Waals surface area contributed by atoms with E-state index in [1.807, 2.05) is 0 Å². The summed E-state index contributed by atoms with van der Waals surface area (Å²) in [5.74, 6) is -0.634. The van der Waals surface area contributed by atoms with Gasteiger partial charge in [0.2, 0.25) is 5.91 Å². The molecule has 11 nitrogen and oxygen atoms in total. The van der Waals surface area contributed by atoms with Crippen molar-refractivity contribution in [1.82, 2.24) is 5.32 Å². The number of carbonyl (C=O) groups is 1. The molecule has 2 aliphatic rings. The van der Waals surface area contributed by atoms with E-state index in [0.29, 0.717) is 0 Å². The van der Waals surface area contributed by atoms with E-state index < -0.39 is 73.2 Å². The minimum absolute atomic E-state index is 0.634. The van der Waals surface area contributed by atoms with E-state index in [1.54, 1.807) is 0 Å². The minimum atomic E-state index is -2.50. The van der Waals surface area contributed by atoms with Crippen LogP contribution in [-0.4, -0.2) is 109 Å². The zero-order valence-corrected chi connectivity index (χ0v) is 13.8. The molecule has 2 aliphatic heterocycles. The van der Waals surface area contributed by atoms with Gasteiger partial charge in [0.1, 0.15) is 48.3 Å². The van der Waals surface area contributed by atoms with Crippen LogP contribution in [0.1, 0.15) is 13.8 Å². The summed E-state index contributed by atoms with van der Waals surface area (Å²) < 4.78 is 10.4. The first-order valence-electron chi connectivity index (χ1n) is 7.87. The van der Waals surface area contributed by atoms with Crippen molar-refractivity contribution in [3.05, 3.63) is 0 Å². The number of amides is 1. The molecule has 2 saturated heterocycles. The third kappa shape index (κ3) is 3.39. The topological polar surface area (TPSA) is 189 Å². The van der Waals surface area contributed by atoms with Gasteiger partial charge in [-0.2, -0.15) is 0 Å². The summed E-state index contributed by atoms with van der Waals surface area (Å²) in [6, 6.07) is -1.49. The molecule has 1 amide bonds. The Labute approximate surface area is 143 Å².